The van der Waals surface area contributed by atoms with Crippen molar-refractivity contribution in [2.45, 2.75) is 11.4 Å². The van der Waals surface area contributed by atoms with Gasteiger partial charge in [0.15, 0.2) is 17.0 Å². The summed E-state index contributed by atoms with van der Waals surface area (Å²) in [6.07, 6.45) is 2.57. The van der Waals surface area contributed by atoms with Gasteiger partial charge in [-0.05, 0) is 36.5 Å². The van der Waals surface area contributed by atoms with E-state index in [1.807, 2.05) is 6.07 Å². The first kappa shape index (κ1) is 21.4. The molecule has 1 radical (unpaired) electrons. The normalized spacial score (nSPS) is 21.0. The molecule has 0 saturated carbocycles. The number of phenols is 1. The number of hydrogen-bond donors (Lipinski definition) is 4. The molecule has 5 N–H and O–H groups in total. The van der Waals surface area contributed by atoms with E-state index in [0.717, 1.165) is 7.28 Å². The van der Waals surface area contributed by atoms with E-state index in [1.54, 1.807) is 42.5 Å². The lowest BCUT2D eigenvalue weighted by Gasteiger charge is -2.43. The van der Waals surface area contributed by atoms with E-state index in [2.05, 4.69) is 15.7 Å². The molecule has 0 amide bonds. The van der Waals surface area contributed by atoms with Gasteiger partial charge in [-0.3, -0.25) is 0 Å². The van der Waals surface area contributed by atoms with E-state index in [-0.39, 0.29) is 34.2 Å². The van der Waals surface area contributed by atoms with Crippen molar-refractivity contribution in [2.24, 2.45) is 5.73 Å². The molecule has 169 valence electrons. The van der Waals surface area contributed by atoms with Gasteiger partial charge in [0.05, 0.1) is 12.8 Å². The van der Waals surface area contributed by atoms with Crippen LogP contribution < -0.4 is 26.6 Å². The third kappa shape index (κ3) is 3.07. The number of hydrogen-bond acceptors (Lipinski definition) is 7. The van der Waals surface area contributed by atoms with E-state index in [0.29, 0.717) is 16.9 Å². The highest BCUT2D eigenvalue weighted by Crippen LogP contribution is 2.44. The number of aromatic nitrogens is 2. The van der Waals surface area contributed by atoms with Crippen LogP contribution in [0, 0.1) is 11.3 Å². The molecule has 2 aliphatic rings. The van der Waals surface area contributed by atoms with Gasteiger partial charge in [-0.25, -0.2) is 13.5 Å². The molecule has 5 rings (SSSR count). The summed E-state index contributed by atoms with van der Waals surface area (Å²) in [4.78, 5) is 0. The van der Waals surface area contributed by atoms with Crippen molar-refractivity contribution in [3.05, 3.63) is 66.4 Å². The molecule has 2 aromatic carbocycles. The van der Waals surface area contributed by atoms with E-state index in [4.69, 9.17) is 10.5 Å². The van der Waals surface area contributed by atoms with Gasteiger partial charge in [-0.2, -0.15) is 10.4 Å². The summed E-state index contributed by atoms with van der Waals surface area (Å²) < 4.78 is 38.2. The van der Waals surface area contributed by atoms with Crippen molar-refractivity contribution < 1.29 is 18.6 Å². The third-order valence-electron chi connectivity index (χ3n) is 5.90. The monoisotopic (exact) mass is 459 g/mol. The average Bonchev–Trinajstić information content (AvgIpc) is 3.24. The Hall–Kier alpha value is -4.46. The second-order valence-corrected chi connectivity index (χ2v) is 7.85. The van der Waals surface area contributed by atoms with Crippen LogP contribution in [-0.4, -0.2) is 40.6 Å². The maximum Gasteiger partial charge on any atom is 0.252 e. The molecule has 1 spiro atoms. The number of ether oxygens (including phenoxy) is 1. The molecule has 1 atom stereocenters. The predicted octanol–water partition coefficient (Wildman–Crippen LogP) is 2.64. The number of halogens is 2. The Labute approximate surface area is 194 Å². The second-order valence-electron chi connectivity index (χ2n) is 7.85. The number of nitrogens with zero attached hydrogens (tertiary/aromatic N) is 3. The summed E-state index contributed by atoms with van der Waals surface area (Å²) in [6, 6.07) is 14.6. The molecule has 2 aliphatic heterocycles. The summed E-state index contributed by atoms with van der Waals surface area (Å²) in [5.74, 6) is -3.43. The highest BCUT2D eigenvalue weighted by molar-refractivity contribution is 6.58. The second kappa shape index (κ2) is 7.55. The molecular weight excluding hydrogens is 441 g/mol. The summed E-state index contributed by atoms with van der Waals surface area (Å²) in [7, 11) is 2.22. The Morgan fingerprint density at radius 2 is 2.03 bits per heavy atom. The van der Waals surface area contributed by atoms with Gasteiger partial charge in [-0.15, -0.1) is 0 Å². The number of nitrogens with one attached hydrogen (secondary N) is 2. The van der Waals surface area contributed by atoms with Gasteiger partial charge in [0.1, 0.15) is 23.3 Å². The van der Waals surface area contributed by atoms with Gasteiger partial charge >= 0.3 is 0 Å². The van der Waals surface area contributed by atoms with Gasteiger partial charge < -0.3 is 26.2 Å². The SMILES string of the molecule is COc1cc(-c2cc3n(n2)C(N)=C(C#N)C2(/C=C/Nc4ccccc4[B]C2(F)F)N3)ccc1O. The van der Waals surface area contributed by atoms with Crippen molar-refractivity contribution in [3.63, 3.8) is 0 Å². The van der Waals surface area contributed by atoms with Crippen molar-refractivity contribution in [2.75, 3.05) is 17.7 Å². The fraction of sp³-hybridized carbons (Fsp3) is 0.130. The summed E-state index contributed by atoms with van der Waals surface area (Å²) >= 11 is 0. The van der Waals surface area contributed by atoms with Crippen LogP contribution in [0.1, 0.15) is 0 Å². The zero-order valence-corrected chi connectivity index (χ0v) is 17.9. The van der Waals surface area contributed by atoms with E-state index in [1.165, 1.54) is 30.1 Å². The minimum Gasteiger partial charge on any atom is -0.504 e. The number of phenolic OH excluding ortho intramolecular Hbond substituents is 1. The predicted molar refractivity (Wildman–Crippen MR) is 125 cm³/mol. The van der Waals surface area contributed by atoms with Crippen LogP contribution in [0.3, 0.4) is 0 Å². The number of nitriles is 1. The largest absolute Gasteiger partial charge is 0.504 e. The molecule has 34 heavy (non-hydrogen) atoms. The summed E-state index contributed by atoms with van der Waals surface area (Å²) in [5, 5.41) is 30.0. The molecule has 3 heterocycles. The zero-order chi connectivity index (χ0) is 24.1. The Bertz CT molecular complexity index is 1410. The molecule has 0 bridgehead atoms. The summed E-state index contributed by atoms with van der Waals surface area (Å²) in [6.45, 7) is 0. The maximum atomic E-state index is 15.9. The lowest BCUT2D eigenvalue weighted by Crippen LogP contribution is -2.62. The van der Waals surface area contributed by atoms with Crippen LogP contribution in [0.25, 0.3) is 17.1 Å². The van der Waals surface area contributed by atoms with Crippen molar-refractivity contribution in [1.82, 2.24) is 9.78 Å². The minimum atomic E-state index is -3.55. The van der Waals surface area contributed by atoms with Crippen LogP contribution in [0.2, 0.25) is 0 Å². The Balaban J connectivity index is 1.64. The van der Waals surface area contributed by atoms with Crippen molar-refractivity contribution in [3.8, 4) is 28.8 Å². The number of aromatic hydroxyl groups is 1. The highest BCUT2D eigenvalue weighted by atomic mass is 19.3. The maximum absolute atomic E-state index is 15.9. The number of para-hydroxylation sites is 1. The van der Waals surface area contributed by atoms with Crippen molar-refractivity contribution >= 4 is 30.1 Å². The molecule has 0 fully saturated rings. The first-order valence-electron chi connectivity index (χ1n) is 10.2. The summed E-state index contributed by atoms with van der Waals surface area (Å²) in [5.41, 5.74) is 5.32. The third-order valence-corrected chi connectivity index (χ3v) is 5.90. The lowest BCUT2D eigenvalue weighted by molar-refractivity contribution is 0.0528. The molecule has 1 unspecified atom stereocenters. The van der Waals surface area contributed by atoms with Crippen LogP contribution in [0.4, 0.5) is 20.3 Å². The first-order chi connectivity index (χ1) is 16.3. The number of nitrogens with two attached hydrogens (primary N) is 1. The molecule has 0 aliphatic carbocycles. The number of benzene rings is 2. The standard InChI is InChI=1S/C23H18BF2N6O2/c1-34-19-10-13(6-7-18(19)33)17-11-20-30-22(14(12-27)21(28)32(20)31-17)8-9-29-16-5-3-2-4-15(16)24-23(22,25)26/h2-11,29-30,33H,28H2,1H3/b9-8+. The molecule has 11 heteroatoms. The van der Waals surface area contributed by atoms with Gasteiger partial charge in [0.25, 0.3) is 7.28 Å². The fourth-order valence-electron chi connectivity index (χ4n) is 4.16. The van der Waals surface area contributed by atoms with Crippen LogP contribution in [0.5, 0.6) is 11.5 Å². The number of anilines is 2. The van der Waals surface area contributed by atoms with Crippen LogP contribution >= 0.6 is 0 Å². The quantitative estimate of drug-likeness (QED) is 0.435. The highest BCUT2D eigenvalue weighted by Gasteiger charge is 2.58. The average molecular weight is 459 g/mol. The molecular formula is C23H18BF2N6O2. The first-order valence-corrected chi connectivity index (χ1v) is 10.2. The van der Waals surface area contributed by atoms with E-state index >= 15 is 8.78 Å². The van der Waals surface area contributed by atoms with Gasteiger partial charge in [0, 0.05) is 17.3 Å². The van der Waals surface area contributed by atoms with Crippen LogP contribution in [0.15, 0.2) is 66.4 Å². The topological polar surface area (TPSA) is 121 Å². The van der Waals surface area contributed by atoms with Gasteiger partial charge in [-0.1, -0.05) is 23.7 Å². The number of alkyl halides is 2. The Morgan fingerprint density at radius 3 is 2.79 bits per heavy atom. The van der Waals surface area contributed by atoms with E-state index < -0.39 is 11.4 Å². The smallest absolute Gasteiger partial charge is 0.252 e. The lowest BCUT2D eigenvalue weighted by atomic mass is 9.55. The Morgan fingerprint density at radius 1 is 1.24 bits per heavy atom. The molecule has 0 saturated heterocycles. The van der Waals surface area contributed by atoms with Crippen molar-refractivity contribution in [1.29, 1.82) is 5.26 Å². The molecule has 1 aromatic heterocycles. The van der Waals surface area contributed by atoms with E-state index in [9.17, 15) is 10.4 Å². The van der Waals surface area contributed by atoms with Crippen LogP contribution in [-0.2, 0) is 0 Å². The van der Waals surface area contributed by atoms with Gasteiger partial charge in [0.2, 0.25) is 5.82 Å². The molecule has 8 nitrogen and oxygen atoms in total. The molecule has 3 aromatic rings. The fourth-order valence-corrected chi connectivity index (χ4v) is 4.16. The number of methoxy groups -OCH3 is 1. The zero-order valence-electron chi connectivity index (χ0n) is 17.9. The Kier molecular flexibility index (Phi) is 4.75. The minimum absolute atomic E-state index is 0.0545. The number of rotatable bonds is 2. The number of fused-ring (bicyclic) bond motifs is 2.